The van der Waals surface area contributed by atoms with Crippen LogP contribution in [0, 0.1) is 0 Å². The van der Waals surface area contributed by atoms with E-state index in [1.54, 1.807) is 18.2 Å². The summed E-state index contributed by atoms with van der Waals surface area (Å²) in [5.41, 5.74) is 0.224. The van der Waals surface area contributed by atoms with E-state index >= 15 is 0 Å². The van der Waals surface area contributed by atoms with Gasteiger partial charge in [0.05, 0.1) is 7.11 Å². The van der Waals surface area contributed by atoms with Gasteiger partial charge < -0.3 is 19.9 Å². The number of hydrogen-bond acceptors (Lipinski definition) is 4. The van der Waals surface area contributed by atoms with Gasteiger partial charge >= 0.3 is 6.09 Å². The predicted octanol–water partition coefficient (Wildman–Crippen LogP) is 3.45. The van der Waals surface area contributed by atoms with Gasteiger partial charge in [-0.15, -0.1) is 0 Å². The third-order valence-corrected chi connectivity index (χ3v) is 3.91. The molecule has 5 heteroatoms. The number of methoxy groups -OCH3 is 1. The summed E-state index contributed by atoms with van der Waals surface area (Å²) in [7, 11) is 1.52. The fraction of sp³-hybridized carbons (Fsp3) is 0.316. The zero-order valence-corrected chi connectivity index (χ0v) is 14.2. The third-order valence-electron chi connectivity index (χ3n) is 3.91. The van der Waals surface area contributed by atoms with Crippen LogP contribution in [0.3, 0.4) is 0 Å². The highest BCUT2D eigenvalue weighted by atomic mass is 16.6. The van der Waals surface area contributed by atoms with Gasteiger partial charge in [0.2, 0.25) is 0 Å². The van der Waals surface area contributed by atoms with Crippen molar-refractivity contribution in [1.82, 2.24) is 5.32 Å². The van der Waals surface area contributed by atoms with Crippen LogP contribution < -0.4 is 14.8 Å². The van der Waals surface area contributed by atoms with Crippen LogP contribution in [-0.4, -0.2) is 24.9 Å². The van der Waals surface area contributed by atoms with E-state index < -0.39 is 11.7 Å². The molecule has 2 aromatic carbocycles. The Labute approximate surface area is 142 Å². The first-order chi connectivity index (χ1) is 11.5. The van der Waals surface area contributed by atoms with Crippen LogP contribution >= 0.6 is 0 Å². The summed E-state index contributed by atoms with van der Waals surface area (Å²) in [5, 5.41) is 13.8. The van der Waals surface area contributed by atoms with Crippen molar-refractivity contribution in [2.75, 3.05) is 13.7 Å². The molecule has 0 heterocycles. The van der Waals surface area contributed by atoms with Crippen molar-refractivity contribution in [3.8, 4) is 11.5 Å². The maximum absolute atomic E-state index is 11.5. The predicted molar refractivity (Wildman–Crippen MR) is 92.4 cm³/mol. The van der Waals surface area contributed by atoms with Gasteiger partial charge in [0.25, 0.3) is 0 Å². The fourth-order valence-corrected chi connectivity index (χ4v) is 2.63. The van der Waals surface area contributed by atoms with Crippen molar-refractivity contribution in [2.45, 2.75) is 25.9 Å². The molecule has 2 N–H and O–H groups in total. The van der Waals surface area contributed by atoms with Crippen molar-refractivity contribution in [2.24, 2.45) is 0 Å². The molecule has 2 aromatic rings. The molecule has 0 aromatic heterocycles. The van der Waals surface area contributed by atoms with Gasteiger partial charge in [0.1, 0.15) is 17.1 Å². The molecular formula is C19H23NO4. The van der Waals surface area contributed by atoms with Gasteiger partial charge in [-0.25, -0.2) is 4.79 Å². The van der Waals surface area contributed by atoms with Crippen LogP contribution in [0.4, 0.5) is 4.79 Å². The zero-order valence-electron chi connectivity index (χ0n) is 14.2. The van der Waals surface area contributed by atoms with Crippen LogP contribution in [0.5, 0.6) is 11.5 Å². The van der Waals surface area contributed by atoms with E-state index in [9.17, 15) is 9.90 Å². The molecule has 1 unspecified atom stereocenters. The lowest BCUT2D eigenvalue weighted by atomic mass is 9.83. The standard InChI is InChI=1S/C19H23NO4/c1-4-19(22,14-9-7-6-8-10-14)16-12-11-15(13-17(16)23-3)24-18(21)20-5-2/h6-13,22H,4-5H2,1-3H3,(H,20,21). The van der Waals surface area contributed by atoms with Gasteiger partial charge in [-0.2, -0.15) is 0 Å². The van der Waals surface area contributed by atoms with Crippen molar-refractivity contribution in [3.05, 3.63) is 59.7 Å². The first-order valence-corrected chi connectivity index (χ1v) is 7.97. The second-order valence-corrected chi connectivity index (χ2v) is 5.36. The quantitative estimate of drug-likeness (QED) is 0.852. The summed E-state index contributed by atoms with van der Waals surface area (Å²) in [5.74, 6) is 0.818. The molecule has 0 saturated carbocycles. The Bertz CT molecular complexity index is 687. The van der Waals surface area contributed by atoms with E-state index in [0.717, 1.165) is 5.56 Å². The van der Waals surface area contributed by atoms with Gasteiger partial charge in [-0.3, -0.25) is 0 Å². The number of benzene rings is 2. The number of carbonyl (C=O) groups excluding carboxylic acids is 1. The Morgan fingerprint density at radius 3 is 2.46 bits per heavy atom. The SMILES string of the molecule is CCNC(=O)Oc1ccc(C(O)(CC)c2ccccc2)c(OC)c1. The number of amides is 1. The van der Waals surface area contributed by atoms with Gasteiger partial charge in [0.15, 0.2) is 0 Å². The molecule has 0 bridgehead atoms. The van der Waals surface area contributed by atoms with Crippen LogP contribution in [-0.2, 0) is 5.60 Å². The molecule has 128 valence electrons. The minimum absolute atomic E-state index is 0.355. The van der Waals surface area contributed by atoms with E-state index in [-0.39, 0.29) is 0 Å². The largest absolute Gasteiger partial charge is 0.496 e. The third kappa shape index (κ3) is 3.68. The summed E-state index contributed by atoms with van der Waals surface area (Å²) >= 11 is 0. The molecule has 0 fully saturated rings. The molecule has 0 aliphatic rings. The number of rotatable bonds is 6. The normalized spacial score (nSPS) is 13.0. The Hall–Kier alpha value is -2.53. The summed E-state index contributed by atoms with van der Waals surface area (Å²) in [6.45, 7) is 4.20. The summed E-state index contributed by atoms with van der Waals surface area (Å²) in [6, 6.07) is 14.4. The Balaban J connectivity index is 2.40. The van der Waals surface area contributed by atoms with E-state index in [0.29, 0.717) is 30.0 Å². The Morgan fingerprint density at radius 2 is 1.88 bits per heavy atom. The second kappa shape index (κ2) is 7.84. The molecule has 5 nitrogen and oxygen atoms in total. The van der Waals surface area contributed by atoms with Crippen LogP contribution in [0.2, 0.25) is 0 Å². The Kier molecular flexibility index (Phi) is 5.82. The van der Waals surface area contributed by atoms with Crippen LogP contribution in [0.25, 0.3) is 0 Å². The van der Waals surface area contributed by atoms with E-state index in [1.807, 2.05) is 44.2 Å². The average Bonchev–Trinajstić information content (AvgIpc) is 2.61. The number of aliphatic hydroxyl groups is 1. The van der Waals surface area contributed by atoms with Crippen molar-refractivity contribution < 1.29 is 19.4 Å². The lowest BCUT2D eigenvalue weighted by Gasteiger charge is -2.29. The number of ether oxygens (including phenoxy) is 2. The van der Waals surface area contributed by atoms with Crippen molar-refractivity contribution in [3.63, 3.8) is 0 Å². The number of carbonyl (C=O) groups is 1. The summed E-state index contributed by atoms with van der Waals surface area (Å²) in [6.07, 6.45) is -0.0507. The van der Waals surface area contributed by atoms with E-state index in [1.165, 1.54) is 7.11 Å². The molecule has 2 rings (SSSR count). The second-order valence-electron chi connectivity index (χ2n) is 5.36. The molecule has 0 saturated heterocycles. The summed E-state index contributed by atoms with van der Waals surface area (Å²) in [4.78, 5) is 11.5. The molecule has 0 radical (unpaired) electrons. The van der Waals surface area contributed by atoms with Gasteiger partial charge in [-0.1, -0.05) is 37.3 Å². The molecular weight excluding hydrogens is 306 g/mol. The minimum atomic E-state index is -1.18. The maximum Gasteiger partial charge on any atom is 0.412 e. The lowest BCUT2D eigenvalue weighted by Crippen LogP contribution is -2.28. The summed E-state index contributed by atoms with van der Waals surface area (Å²) < 4.78 is 10.6. The highest BCUT2D eigenvalue weighted by molar-refractivity contribution is 5.70. The van der Waals surface area contributed by atoms with Gasteiger partial charge in [-0.05, 0) is 31.0 Å². The van der Waals surface area contributed by atoms with Gasteiger partial charge in [0, 0.05) is 18.2 Å². The fourth-order valence-electron chi connectivity index (χ4n) is 2.63. The topological polar surface area (TPSA) is 67.8 Å². The molecule has 1 amide bonds. The molecule has 0 aliphatic carbocycles. The van der Waals surface area contributed by atoms with Crippen molar-refractivity contribution in [1.29, 1.82) is 0 Å². The average molecular weight is 329 g/mol. The van der Waals surface area contributed by atoms with E-state index in [2.05, 4.69) is 5.32 Å². The minimum Gasteiger partial charge on any atom is -0.496 e. The number of hydrogen-bond donors (Lipinski definition) is 2. The number of nitrogens with one attached hydrogen (secondary N) is 1. The van der Waals surface area contributed by atoms with Crippen LogP contribution in [0.15, 0.2) is 48.5 Å². The first-order valence-electron chi connectivity index (χ1n) is 7.97. The van der Waals surface area contributed by atoms with Crippen molar-refractivity contribution >= 4 is 6.09 Å². The Morgan fingerprint density at radius 1 is 1.17 bits per heavy atom. The smallest absolute Gasteiger partial charge is 0.412 e. The molecule has 0 aliphatic heterocycles. The van der Waals surface area contributed by atoms with E-state index in [4.69, 9.17) is 9.47 Å². The monoisotopic (exact) mass is 329 g/mol. The molecule has 24 heavy (non-hydrogen) atoms. The highest BCUT2D eigenvalue weighted by Crippen LogP contribution is 2.39. The zero-order chi connectivity index (χ0) is 17.6. The molecule has 0 spiro atoms. The lowest BCUT2D eigenvalue weighted by molar-refractivity contribution is 0.0736. The molecule has 1 atom stereocenters. The maximum atomic E-state index is 11.5. The van der Waals surface area contributed by atoms with Crippen LogP contribution in [0.1, 0.15) is 31.4 Å². The highest BCUT2D eigenvalue weighted by Gasteiger charge is 2.32. The first kappa shape index (κ1) is 17.8.